The number of rotatable bonds is 5. The van der Waals surface area contributed by atoms with Crippen LogP contribution in [0.2, 0.25) is 0 Å². The van der Waals surface area contributed by atoms with Gasteiger partial charge in [-0.15, -0.1) is 0 Å². The van der Waals surface area contributed by atoms with Gasteiger partial charge in [0, 0.05) is 6.42 Å². The van der Waals surface area contributed by atoms with Crippen LogP contribution < -0.4 is 4.74 Å². The molecule has 0 aliphatic rings. The number of methoxy groups -OCH3 is 1. The topological polar surface area (TPSA) is 29.5 Å². The molecule has 2 rings (SSSR count). The zero-order valence-corrected chi connectivity index (χ0v) is 11.1. The first-order valence-corrected chi connectivity index (χ1v) is 6.34. The summed E-state index contributed by atoms with van der Waals surface area (Å²) in [6.45, 7) is 0. The second-order valence-corrected chi connectivity index (χ2v) is 4.62. The number of halogens is 2. The summed E-state index contributed by atoms with van der Waals surface area (Å²) >= 11 is 0. The number of hydrogen-bond donors (Lipinski definition) is 1. The van der Waals surface area contributed by atoms with Crippen molar-refractivity contribution < 1.29 is 18.6 Å². The van der Waals surface area contributed by atoms with Crippen LogP contribution in [0.1, 0.15) is 11.1 Å². The van der Waals surface area contributed by atoms with Crippen molar-refractivity contribution in [3.05, 3.63) is 65.2 Å². The first-order valence-electron chi connectivity index (χ1n) is 6.34. The number of ether oxygens (including phenoxy) is 1. The predicted octanol–water partition coefficient (Wildman–Crippen LogP) is 3.12. The van der Waals surface area contributed by atoms with E-state index in [-0.39, 0.29) is 18.0 Å². The van der Waals surface area contributed by atoms with Crippen LogP contribution in [0.3, 0.4) is 0 Å². The molecule has 1 N–H and O–H groups in total. The fraction of sp³-hybridized carbons (Fsp3) is 0.250. The minimum atomic E-state index is -0.734. The molecule has 0 aliphatic heterocycles. The fourth-order valence-electron chi connectivity index (χ4n) is 2.09. The Morgan fingerprint density at radius 2 is 1.75 bits per heavy atom. The molecule has 0 radical (unpaired) electrons. The van der Waals surface area contributed by atoms with Crippen molar-refractivity contribution in [3.8, 4) is 5.75 Å². The van der Waals surface area contributed by atoms with E-state index < -0.39 is 11.9 Å². The van der Waals surface area contributed by atoms with Gasteiger partial charge < -0.3 is 9.84 Å². The summed E-state index contributed by atoms with van der Waals surface area (Å²) in [5.41, 5.74) is 1.21. The Bertz CT molecular complexity index is 567. The number of aliphatic hydroxyl groups is 1. The van der Waals surface area contributed by atoms with Crippen molar-refractivity contribution in [1.29, 1.82) is 0 Å². The standard InChI is InChI=1S/C16H16F2O2/c1-20-15-4-2-3-12(16(15)18)10-14(19)9-11-5-7-13(17)8-6-11/h2-8,14,19H,9-10H2,1H3. The van der Waals surface area contributed by atoms with E-state index in [9.17, 15) is 13.9 Å². The number of benzene rings is 2. The van der Waals surface area contributed by atoms with Gasteiger partial charge in [0.1, 0.15) is 5.82 Å². The predicted molar refractivity (Wildman–Crippen MR) is 72.8 cm³/mol. The molecule has 0 bridgehead atoms. The number of aliphatic hydroxyl groups excluding tert-OH is 1. The molecular weight excluding hydrogens is 262 g/mol. The highest BCUT2D eigenvalue weighted by Crippen LogP contribution is 2.21. The van der Waals surface area contributed by atoms with E-state index in [1.807, 2.05) is 0 Å². The highest BCUT2D eigenvalue weighted by atomic mass is 19.1. The molecule has 0 spiro atoms. The summed E-state index contributed by atoms with van der Waals surface area (Å²) in [6, 6.07) is 10.7. The first kappa shape index (κ1) is 14.5. The van der Waals surface area contributed by atoms with Crippen LogP contribution >= 0.6 is 0 Å². The molecule has 20 heavy (non-hydrogen) atoms. The lowest BCUT2D eigenvalue weighted by atomic mass is 10.0. The van der Waals surface area contributed by atoms with Crippen molar-refractivity contribution in [3.63, 3.8) is 0 Å². The summed E-state index contributed by atoms with van der Waals surface area (Å²) in [5.74, 6) is -0.605. The molecule has 0 saturated carbocycles. The van der Waals surface area contributed by atoms with Crippen LogP contribution in [0.25, 0.3) is 0 Å². The molecule has 2 nitrogen and oxygen atoms in total. The highest BCUT2D eigenvalue weighted by Gasteiger charge is 2.13. The van der Waals surface area contributed by atoms with Crippen molar-refractivity contribution in [2.24, 2.45) is 0 Å². The van der Waals surface area contributed by atoms with Crippen molar-refractivity contribution in [1.82, 2.24) is 0 Å². The molecule has 0 saturated heterocycles. The van der Waals surface area contributed by atoms with Gasteiger partial charge in [0.15, 0.2) is 11.6 Å². The molecule has 1 atom stereocenters. The van der Waals surface area contributed by atoms with Gasteiger partial charge in [-0.2, -0.15) is 0 Å². The molecule has 0 amide bonds. The SMILES string of the molecule is COc1cccc(CC(O)Cc2ccc(F)cc2)c1F. The smallest absolute Gasteiger partial charge is 0.168 e. The van der Waals surface area contributed by atoms with E-state index >= 15 is 0 Å². The molecule has 4 heteroatoms. The lowest BCUT2D eigenvalue weighted by Crippen LogP contribution is -2.15. The average Bonchev–Trinajstić information content (AvgIpc) is 2.44. The Hall–Kier alpha value is -1.94. The van der Waals surface area contributed by atoms with Gasteiger partial charge in [-0.25, -0.2) is 8.78 Å². The maximum absolute atomic E-state index is 13.9. The quantitative estimate of drug-likeness (QED) is 0.910. The van der Waals surface area contributed by atoms with Crippen LogP contribution in [-0.4, -0.2) is 18.3 Å². The normalized spacial score (nSPS) is 12.2. The Balaban J connectivity index is 2.04. The molecular formula is C16H16F2O2. The van der Waals surface area contributed by atoms with Gasteiger partial charge in [0.2, 0.25) is 0 Å². The summed E-state index contributed by atoms with van der Waals surface area (Å²) in [5, 5.41) is 10.0. The van der Waals surface area contributed by atoms with E-state index in [1.165, 1.54) is 25.3 Å². The largest absolute Gasteiger partial charge is 0.494 e. The third-order valence-corrected chi connectivity index (χ3v) is 3.10. The van der Waals surface area contributed by atoms with Crippen LogP contribution in [0.4, 0.5) is 8.78 Å². The molecule has 2 aromatic rings. The van der Waals surface area contributed by atoms with E-state index in [0.29, 0.717) is 12.0 Å². The summed E-state index contributed by atoms with van der Waals surface area (Å²) in [7, 11) is 1.40. The molecule has 1 unspecified atom stereocenters. The third kappa shape index (κ3) is 3.54. The summed E-state index contributed by atoms with van der Waals surface area (Å²) in [6.07, 6.45) is -0.209. The van der Waals surface area contributed by atoms with Gasteiger partial charge in [0.05, 0.1) is 13.2 Å². The molecule has 0 aromatic heterocycles. The summed E-state index contributed by atoms with van der Waals surface area (Å²) in [4.78, 5) is 0. The second kappa shape index (κ2) is 6.48. The maximum Gasteiger partial charge on any atom is 0.168 e. The van der Waals surface area contributed by atoms with Crippen molar-refractivity contribution in [2.45, 2.75) is 18.9 Å². The van der Waals surface area contributed by atoms with Gasteiger partial charge in [-0.3, -0.25) is 0 Å². The van der Waals surface area contributed by atoms with E-state index in [0.717, 1.165) is 5.56 Å². The van der Waals surface area contributed by atoms with E-state index in [2.05, 4.69) is 0 Å². The Kier molecular flexibility index (Phi) is 4.69. The minimum Gasteiger partial charge on any atom is -0.494 e. The summed E-state index contributed by atoms with van der Waals surface area (Å²) < 4.78 is 31.6. The average molecular weight is 278 g/mol. The fourth-order valence-corrected chi connectivity index (χ4v) is 2.09. The molecule has 0 fully saturated rings. The first-order chi connectivity index (χ1) is 9.60. The van der Waals surface area contributed by atoms with Crippen molar-refractivity contribution >= 4 is 0 Å². The Labute approximate surface area is 116 Å². The monoisotopic (exact) mass is 278 g/mol. The van der Waals surface area contributed by atoms with Gasteiger partial charge in [0.25, 0.3) is 0 Å². The zero-order chi connectivity index (χ0) is 14.5. The van der Waals surface area contributed by atoms with Gasteiger partial charge in [-0.05, 0) is 35.7 Å². The second-order valence-electron chi connectivity index (χ2n) is 4.62. The molecule has 0 heterocycles. The molecule has 0 aliphatic carbocycles. The Morgan fingerprint density at radius 1 is 1.05 bits per heavy atom. The zero-order valence-electron chi connectivity index (χ0n) is 11.1. The van der Waals surface area contributed by atoms with E-state index in [1.54, 1.807) is 24.3 Å². The van der Waals surface area contributed by atoms with E-state index in [4.69, 9.17) is 4.74 Å². The van der Waals surface area contributed by atoms with Gasteiger partial charge in [-0.1, -0.05) is 24.3 Å². The van der Waals surface area contributed by atoms with Crippen LogP contribution in [0.5, 0.6) is 5.75 Å². The number of hydrogen-bond acceptors (Lipinski definition) is 2. The lowest BCUT2D eigenvalue weighted by molar-refractivity contribution is 0.174. The van der Waals surface area contributed by atoms with Crippen LogP contribution in [-0.2, 0) is 12.8 Å². The highest BCUT2D eigenvalue weighted by molar-refractivity contribution is 5.31. The lowest BCUT2D eigenvalue weighted by Gasteiger charge is -2.12. The maximum atomic E-state index is 13.9. The van der Waals surface area contributed by atoms with Gasteiger partial charge >= 0.3 is 0 Å². The van der Waals surface area contributed by atoms with Crippen LogP contribution in [0.15, 0.2) is 42.5 Å². The van der Waals surface area contributed by atoms with Crippen LogP contribution in [0, 0.1) is 11.6 Å². The molecule has 2 aromatic carbocycles. The Morgan fingerprint density at radius 3 is 2.40 bits per heavy atom. The minimum absolute atomic E-state index is 0.163. The molecule has 106 valence electrons. The third-order valence-electron chi connectivity index (χ3n) is 3.10. The van der Waals surface area contributed by atoms with Crippen molar-refractivity contribution in [2.75, 3.05) is 7.11 Å².